The standard InChI is InChI=1S/C15H21N3O2/c1-4-19-13-8-12(15(13,2)3)18-14-17-10-6-5-9(16)7-11(10)20-14/h5-7,12-13H,4,8,16H2,1-3H3,(H,17,18). The van der Waals surface area contributed by atoms with E-state index in [4.69, 9.17) is 14.9 Å². The SMILES string of the molecule is CCOC1CC(Nc2nc3ccc(N)cc3o2)C1(C)C. The summed E-state index contributed by atoms with van der Waals surface area (Å²) in [5.74, 6) is 0. The van der Waals surface area contributed by atoms with E-state index in [9.17, 15) is 0 Å². The molecule has 1 heterocycles. The van der Waals surface area contributed by atoms with Crippen molar-refractivity contribution in [1.82, 2.24) is 4.98 Å². The number of nitrogens with one attached hydrogen (secondary N) is 1. The van der Waals surface area contributed by atoms with Crippen LogP contribution in [-0.4, -0.2) is 23.7 Å². The van der Waals surface area contributed by atoms with Crippen molar-refractivity contribution in [2.45, 2.75) is 39.3 Å². The van der Waals surface area contributed by atoms with Gasteiger partial charge < -0.3 is 20.2 Å². The van der Waals surface area contributed by atoms with Gasteiger partial charge in [-0.15, -0.1) is 0 Å². The molecule has 20 heavy (non-hydrogen) atoms. The highest BCUT2D eigenvalue weighted by Gasteiger charge is 2.49. The van der Waals surface area contributed by atoms with Crippen molar-refractivity contribution in [3.63, 3.8) is 0 Å². The first-order valence-corrected chi connectivity index (χ1v) is 7.05. The predicted molar refractivity (Wildman–Crippen MR) is 79.6 cm³/mol. The summed E-state index contributed by atoms with van der Waals surface area (Å²) in [5.41, 5.74) is 8.04. The molecule has 1 saturated carbocycles. The Labute approximate surface area is 118 Å². The number of benzene rings is 1. The van der Waals surface area contributed by atoms with Gasteiger partial charge in [-0.1, -0.05) is 13.8 Å². The topological polar surface area (TPSA) is 73.3 Å². The van der Waals surface area contributed by atoms with E-state index >= 15 is 0 Å². The maximum absolute atomic E-state index is 5.74. The summed E-state index contributed by atoms with van der Waals surface area (Å²) in [6.45, 7) is 7.19. The van der Waals surface area contributed by atoms with Gasteiger partial charge in [-0.25, -0.2) is 0 Å². The first kappa shape index (κ1) is 13.2. The summed E-state index contributed by atoms with van der Waals surface area (Å²) in [6.07, 6.45) is 1.27. The van der Waals surface area contributed by atoms with Gasteiger partial charge in [-0.05, 0) is 25.5 Å². The Morgan fingerprint density at radius 1 is 1.50 bits per heavy atom. The van der Waals surface area contributed by atoms with Crippen LogP contribution in [0, 0.1) is 5.41 Å². The van der Waals surface area contributed by atoms with Crippen molar-refractivity contribution in [3.05, 3.63) is 18.2 Å². The highest BCUT2D eigenvalue weighted by atomic mass is 16.5. The van der Waals surface area contributed by atoms with Crippen molar-refractivity contribution >= 4 is 22.8 Å². The Morgan fingerprint density at radius 2 is 2.30 bits per heavy atom. The summed E-state index contributed by atoms with van der Waals surface area (Å²) >= 11 is 0. The van der Waals surface area contributed by atoms with Crippen molar-refractivity contribution in [2.75, 3.05) is 17.7 Å². The maximum Gasteiger partial charge on any atom is 0.295 e. The maximum atomic E-state index is 5.74. The second-order valence-corrected chi connectivity index (χ2v) is 5.94. The minimum atomic E-state index is 0.0791. The Balaban J connectivity index is 1.74. The zero-order valence-corrected chi connectivity index (χ0v) is 12.1. The Hall–Kier alpha value is -1.75. The number of rotatable bonds is 4. The van der Waals surface area contributed by atoms with Gasteiger partial charge in [0.05, 0.1) is 6.10 Å². The summed E-state index contributed by atoms with van der Waals surface area (Å²) < 4.78 is 11.4. The molecule has 3 N–H and O–H groups in total. The van der Waals surface area contributed by atoms with Gasteiger partial charge in [0.1, 0.15) is 5.52 Å². The molecule has 5 nitrogen and oxygen atoms in total. The number of anilines is 2. The van der Waals surface area contributed by atoms with Crippen LogP contribution in [0.4, 0.5) is 11.7 Å². The van der Waals surface area contributed by atoms with E-state index in [1.165, 1.54) is 0 Å². The molecule has 0 spiro atoms. The molecule has 1 aromatic carbocycles. The van der Waals surface area contributed by atoms with E-state index in [2.05, 4.69) is 24.1 Å². The average Bonchev–Trinajstić information content (AvgIpc) is 2.79. The number of fused-ring (bicyclic) bond motifs is 1. The van der Waals surface area contributed by atoms with Crippen LogP contribution in [0.15, 0.2) is 22.6 Å². The lowest BCUT2D eigenvalue weighted by molar-refractivity contribution is -0.0980. The van der Waals surface area contributed by atoms with Crippen molar-refractivity contribution in [1.29, 1.82) is 0 Å². The Morgan fingerprint density at radius 3 is 3.00 bits per heavy atom. The monoisotopic (exact) mass is 275 g/mol. The Kier molecular flexibility index (Phi) is 3.09. The number of nitrogen functional groups attached to an aromatic ring is 1. The van der Waals surface area contributed by atoms with Gasteiger partial charge in [0, 0.05) is 29.8 Å². The molecular weight excluding hydrogens is 254 g/mol. The zero-order chi connectivity index (χ0) is 14.3. The molecule has 1 aliphatic carbocycles. The normalized spacial score (nSPS) is 24.6. The molecule has 3 rings (SSSR count). The highest BCUT2D eigenvalue weighted by molar-refractivity contribution is 5.78. The molecule has 2 unspecified atom stereocenters. The molecule has 0 bridgehead atoms. The predicted octanol–water partition coefficient (Wildman–Crippen LogP) is 3.03. The lowest BCUT2D eigenvalue weighted by Crippen LogP contribution is -2.58. The van der Waals surface area contributed by atoms with Crippen LogP contribution in [0.5, 0.6) is 0 Å². The quantitative estimate of drug-likeness (QED) is 0.839. The number of nitrogens with two attached hydrogens (primary N) is 1. The summed E-state index contributed by atoms with van der Waals surface area (Å²) in [4.78, 5) is 4.44. The number of hydrogen-bond acceptors (Lipinski definition) is 5. The lowest BCUT2D eigenvalue weighted by Gasteiger charge is -2.51. The average molecular weight is 275 g/mol. The molecule has 1 aromatic heterocycles. The van der Waals surface area contributed by atoms with Crippen LogP contribution in [0.2, 0.25) is 0 Å². The molecular formula is C15H21N3O2. The molecule has 0 aliphatic heterocycles. The van der Waals surface area contributed by atoms with Gasteiger partial charge in [0.2, 0.25) is 0 Å². The van der Waals surface area contributed by atoms with Crippen molar-refractivity contribution < 1.29 is 9.15 Å². The fraction of sp³-hybridized carbons (Fsp3) is 0.533. The van der Waals surface area contributed by atoms with E-state index in [0.29, 0.717) is 29.4 Å². The van der Waals surface area contributed by atoms with Crippen LogP contribution in [-0.2, 0) is 4.74 Å². The van der Waals surface area contributed by atoms with E-state index in [1.807, 2.05) is 19.1 Å². The number of aromatic nitrogens is 1. The molecule has 2 atom stereocenters. The molecule has 5 heteroatoms. The Bertz CT molecular complexity index is 621. The van der Waals surface area contributed by atoms with Gasteiger partial charge >= 0.3 is 0 Å². The third kappa shape index (κ3) is 2.12. The fourth-order valence-corrected chi connectivity index (χ4v) is 2.77. The van der Waals surface area contributed by atoms with Gasteiger partial charge in [0.25, 0.3) is 6.01 Å². The van der Waals surface area contributed by atoms with E-state index < -0.39 is 0 Å². The fourth-order valence-electron chi connectivity index (χ4n) is 2.77. The molecule has 0 amide bonds. The van der Waals surface area contributed by atoms with Crippen molar-refractivity contribution in [3.8, 4) is 0 Å². The third-order valence-corrected chi connectivity index (χ3v) is 4.26. The van der Waals surface area contributed by atoms with E-state index in [1.54, 1.807) is 6.07 Å². The first-order valence-electron chi connectivity index (χ1n) is 7.05. The van der Waals surface area contributed by atoms with Crippen LogP contribution in [0.3, 0.4) is 0 Å². The minimum Gasteiger partial charge on any atom is -0.423 e. The van der Waals surface area contributed by atoms with Crippen LogP contribution in [0.25, 0.3) is 11.1 Å². The summed E-state index contributed by atoms with van der Waals surface area (Å²) in [6, 6.07) is 6.35. The molecule has 0 radical (unpaired) electrons. The summed E-state index contributed by atoms with van der Waals surface area (Å²) in [7, 11) is 0. The number of oxazole rings is 1. The smallest absolute Gasteiger partial charge is 0.295 e. The van der Waals surface area contributed by atoms with Crippen molar-refractivity contribution in [2.24, 2.45) is 5.41 Å². The van der Waals surface area contributed by atoms with E-state index in [-0.39, 0.29) is 5.41 Å². The van der Waals surface area contributed by atoms with Gasteiger partial charge in [-0.3, -0.25) is 0 Å². The molecule has 0 saturated heterocycles. The third-order valence-electron chi connectivity index (χ3n) is 4.26. The lowest BCUT2D eigenvalue weighted by atomic mass is 9.64. The minimum absolute atomic E-state index is 0.0791. The molecule has 2 aromatic rings. The van der Waals surface area contributed by atoms with Crippen LogP contribution in [0.1, 0.15) is 27.2 Å². The molecule has 108 valence electrons. The second kappa shape index (κ2) is 4.66. The number of ether oxygens (including phenoxy) is 1. The highest BCUT2D eigenvalue weighted by Crippen LogP contribution is 2.44. The van der Waals surface area contributed by atoms with Crippen LogP contribution < -0.4 is 11.1 Å². The van der Waals surface area contributed by atoms with Gasteiger partial charge in [0.15, 0.2) is 5.58 Å². The number of nitrogens with zero attached hydrogens (tertiary/aromatic N) is 1. The largest absolute Gasteiger partial charge is 0.423 e. The molecule has 1 aliphatic rings. The zero-order valence-electron chi connectivity index (χ0n) is 12.1. The van der Waals surface area contributed by atoms with Crippen LogP contribution >= 0.6 is 0 Å². The molecule has 1 fully saturated rings. The van der Waals surface area contributed by atoms with E-state index in [0.717, 1.165) is 18.5 Å². The first-order chi connectivity index (χ1) is 9.50. The summed E-state index contributed by atoms with van der Waals surface area (Å²) in [5, 5.41) is 3.37. The van der Waals surface area contributed by atoms with Gasteiger partial charge in [-0.2, -0.15) is 4.98 Å². The second-order valence-electron chi connectivity index (χ2n) is 5.94. The number of hydrogen-bond donors (Lipinski definition) is 2.